The highest BCUT2D eigenvalue weighted by molar-refractivity contribution is 7.92. The maximum Gasteiger partial charge on any atom is 0.337 e. The Bertz CT molecular complexity index is 973. The van der Waals surface area contributed by atoms with E-state index in [-0.39, 0.29) is 15.7 Å². The van der Waals surface area contributed by atoms with Crippen LogP contribution in [0.3, 0.4) is 0 Å². The van der Waals surface area contributed by atoms with Crippen LogP contribution in [0.15, 0.2) is 42.5 Å². The van der Waals surface area contributed by atoms with Crippen molar-refractivity contribution >= 4 is 56.5 Å². The summed E-state index contributed by atoms with van der Waals surface area (Å²) < 4.78 is 30.2. The molecular formula is C18H18Cl2N2O5S. The fourth-order valence-corrected chi connectivity index (χ4v) is 4.20. The molecule has 0 spiro atoms. The van der Waals surface area contributed by atoms with E-state index < -0.39 is 27.9 Å². The number of benzene rings is 2. The fourth-order valence-electron chi connectivity index (χ4n) is 2.53. The molecule has 0 bridgehead atoms. The molecule has 2 aromatic carbocycles. The number of sulfonamides is 1. The first-order valence-corrected chi connectivity index (χ1v) is 10.6. The molecule has 0 fully saturated rings. The van der Waals surface area contributed by atoms with Crippen LogP contribution in [0.4, 0.5) is 11.4 Å². The molecule has 10 heteroatoms. The second-order valence-corrected chi connectivity index (χ2v) is 8.65. The minimum atomic E-state index is -3.82. The van der Waals surface area contributed by atoms with Crippen LogP contribution < -0.4 is 9.62 Å². The fraction of sp³-hybridized carbons (Fsp3) is 0.222. The van der Waals surface area contributed by atoms with Gasteiger partial charge in [-0.3, -0.25) is 9.10 Å². The number of rotatable bonds is 6. The number of nitrogens with zero attached hydrogens (tertiary/aromatic N) is 1. The molecule has 1 atom stereocenters. The standard InChI is InChI=1S/C18H18Cl2N2O5S/c1-11(17(23)21-15-6-4-12(5-7-15)18(24)27-2)22(28(3,25)26)16-9-13(19)8-14(20)10-16/h4-11H,1-3H3,(H,21,23). The molecule has 0 heterocycles. The van der Waals surface area contributed by atoms with Gasteiger partial charge in [0, 0.05) is 15.7 Å². The highest BCUT2D eigenvalue weighted by Crippen LogP contribution is 2.29. The van der Waals surface area contributed by atoms with Crippen LogP contribution in [0.1, 0.15) is 17.3 Å². The number of hydrogen-bond donors (Lipinski definition) is 1. The lowest BCUT2D eigenvalue weighted by atomic mass is 10.2. The van der Waals surface area contributed by atoms with Crippen LogP contribution in [-0.4, -0.2) is 39.7 Å². The number of ether oxygens (including phenoxy) is 1. The molecule has 0 aliphatic rings. The van der Waals surface area contributed by atoms with Gasteiger partial charge in [-0.1, -0.05) is 23.2 Å². The SMILES string of the molecule is COC(=O)c1ccc(NC(=O)C(C)N(c2cc(Cl)cc(Cl)c2)S(C)(=O)=O)cc1. The van der Waals surface area contributed by atoms with Gasteiger partial charge in [0.2, 0.25) is 15.9 Å². The van der Waals surface area contributed by atoms with Crippen molar-refractivity contribution in [1.29, 1.82) is 0 Å². The maximum absolute atomic E-state index is 12.6. The van der Waals surface area contributed by atoms with Gasteiger partial charge in [-0.15, -0.1) is 0 Å². The summed E-state index contributed by atoms with van der Waals surface area (Å²) in [6.07, 6.45) is 0.983. The number of hydrogen-bond acceptors (Lipinski definition) is 5. The second kappa shape index (κ2) is 8.81. The third-order valence-electron chi connectivity index (χ3n) is 3.76. The maximum atomic E-state index is 12.6. The van der Waals surface area contributed by atoms with Gasteiger partial charge in [-0.2, -0.15) is 0 Å². The van der Waals surface area contributed by atoms with Crippen LogP contribution in [0.25, 0.3) is 0 Å². The van der Waals surface area contributed by atoms with Gasteiger partial charge in [-0.25, -0.2) is 13.2 Å². The molecule has 2 aromatic rings. The molecule has 0 saturated heterocycles. The molecule has 7 nitrogen and oxygen atoms in total. The number of esters is 1. The van der Waals surface area contributed by atoms with E-state index >= 15 is 0 Å². The zero-order chi connectivity index (χ0) is 21.1. The van der Waals surface area contributed by atoms with Crippen molar-refractivity contribution in [3.63, 3.8) is 0 Å². The Morgan fingerprint density at radius 1 is 1.07 bits per heavy atom. The Morgan fingerprint density at radius 2 is 1.61 bits per heavy atom. The largest absolute Gasteiger partial charge is 0.465 e. The van der Waals surface area contributed by atoms with Crippen molar-refractivity contribution in [3.05, 3.63) is 58.1 Å². The molecule has 0 aromatic heterocycles. The first kappa shape index (κ1) is 22.0. The van der Waals surface area contributed by atoms with E-state index in [0.717, 1.165) is 10.6 Å². The van der Waals surface area contributed by atoms with E-state index in [1.165, 1.54) is 56.5 Å². The highest BCUT2D eigenvalue weighted by Gasteiger charge is 2.29. The van der Waals surface area contributed by atoms with Crippen LogP contribution in [-0.2, 0) is 19.6 Å². The quantitative estimate of drug-likeness (QED) is 0.687. The molecule has 1 N–H and O–H groups in total. The van der Waals surface area contributed by atoms with Crippen molar-refractivity contribution in [2.45, 2.75) is 13.0 Å². The number of halogens is 2. The lowest BCUT2D eigenvalue weighted by Gasteiger charge is -2.28. The van der Waals surface area contributed by atoms with Gasteiger partial charge in [0.05, 0.1) is 24.6 Å². The first-order valence-electron chi connectivity index (χ1n) is 7.97. The van der Waals surface area contributed by atoms with E-state index in [1.54, 1.807) is 0 Å². The summed E-state index contributed by atoms with van der Waals surface area (Å²) in [6.45, 7) is 1.44. The topological polar surface area (TPSA) is 92.8 Å². The summed E-state index contributed by atoms with van der Waals surface area (Å²) in [5.74, 6) is -1.08. The zero-order valence-electron chi connectivity index (χ0n) is 15.3. The van der Waals surface area contributed by atoms with E-state index in [2.05, 4.69) is 10.1 Å². The molecule has 0 aliphatic heterocycles. The lowest BCUT2D eigenvalue weighted by Crippen LogP contribution is -2.45. The number of methoxy groups -OCH3 is 1. The Morgan fingerprint density at radius 3 is 2.07 bits per heavy atom. The summed E-state index contributed by atoms with van der Waals surface area (Å²) in [5, 5.41) is 3.09. The smallest absolute Gasteiger partial charge is 0.337 e. The summed E-state index contributed by atoms with van der Waals surface area (Å²) in [7, 11) is -2.55. The summed E-state index contributed by atoms with van der Waals surface area (Å²) >= 11 is 11.9. The van der Waals surface area contributed by atoms with Crippen molar-refractivity contribution in [3.8, 4) is 0 Å². The Hall–Kier alpha value is -2.29. The molecule has 1 unspecified atom stereocenters. The Labute approximate surface area is 173 Å². The molecule has 0 radical (unpaired) electrons. The predicted octanol–water partition coefficient (Wildman–Crippen LogP) is 3.57. The predicted molar refractivity (Wildman–Crippen MR) is 110 cm³/mol. The Balaban J connectivity index is 2.28. The lowest BCUT2D eigenvalue weighted by molar-refractivity contribution is -0.116. The van der Waals surface area contributed by atoms with Gasteiger partial charge in [0.25, 0.3) is 0 Å². The van der Waals surface area contributed by atoms with Crippen molar-refractivity contribution < 1.29 is 22.7 Å². The van der Waals surface area contributed by atoms with E-state index in [4.69, 9.17) is 23.2 Å². The van der Waals surface area contributed by atoms with E-state index in [1.807, 2.05) is 0 Å². The normalized spacial score (nSPS) is 12.2. The van der Waals surface area contributed by atoms with Gasteiger partial charge in [0.15, 0.2) is 0 Å². The minimum Gasteiger partial charge on any atom is -0.465 e. The third kappa shape index (κ3) is 5.37. The zero-order valence-corrected chi connectivity index (χ0v) is 17.6. The molecule has 150 valence electrons. The second-order valence-electron chi connectivity index (χ2n) is 5.92. The molecule has 28 heavy (non-hydrogen) atoms. The summed E-state index contributed by atoms with van der Waals surface area (Å²) in [4.78, 5) is 24.1. The van der Waals surface area contributed by atoms with Crippen molar-refractivity contribution in [2.75, 3.05) is 23.0 Å². The van der Waals surface area contributed by atoms with Gasteiger partial charge in [0.1, 0.15) is 6.04 Å². The molecule has 1 amide bonds. The average molecular weight is 445 g/mol. The summed E-state index contributed by atoms with van der Waals surface area (Å²) in [5.41, 5.74) is 0.880. The number of amides is 1. The summed E-state index contributed by atoms with van der Waals surface area (Å²) in [6, 6.07) is 9.17. The molecule has 2 rings (SSSR count). The number of carbonyl (C=O) groups excluding carboxylic acids is 2. The molecular weight excluding hydrogens is 427 g/mol. The molecule has 0 saturated carbocycles. The third-order valence-corrected chi connectivity index (χ3v) is 5.44. The monoisotopic (exact) mass is 444 g/mol. The van der Waals surface area contributed by atoms with E-state index in [9.17, 15) is 18.0 Å². The van der Waals surface area contributed by atoms with Gasteiger partial charge in [-0.05, 0) is 49.4 Å². The van der Waals surface area contributed by atoms with Crippen molar-refractivity contribution in [1.82, 2.24) is 0 Å². The van der Waals surface area contributed by atoms with Crippen LogP contribution in [0, 0.1) is 0 Å². The number of carbonyl (C=O) groups is 2. The van der Waals surface area contributed by atoms with Crippen LogP contribution in [0.5, 0.6) is 0 Å². The number of nitrogens with one attached hydrogen (secondary N) is 1. The first-order chi connectivity index (χ1) is 13.0. The highest BCUT2D eigenvalue weighted by atomic mass is 35.5. The average Bonchev–Trinajstić information content (AvgIpc) is 2.59. The van der Waals surface area contributed by atoms with E-state index in [0.29, 0.717) is 11.3 Å². The van der Waals surface area contributed by atoms with Crippen LogP contribution >= 0.6 is 23.2 Å². The van der Waals surface area contributed by atoms with Gasteiger partial charge < -0.3 is 10.1 Å². The Kier molecular flexibility index (Phi) is 6.92. The van der Waals surface area contributed by atoms with Crippen LogP contribution in [0.2, 0.25) is 10.0 Å². The van der Waals surface area contributed by atoms with Gasteiger partial charge >= 0.3 is 5.97 Å². The van der Waals surface area contributed by atoms with Crippen molar-refractivity contribution in [2.24, 2.45) is 0 Å². The molecule has 0 aliphatic carbocycles. The number of anilines is 2. The minimum absolute atomic E-state index is 0.170.